The topological polar surface area (TPSA) is 141 Å². The number of Topliss-reactive ketones (excluding diaryl/α,β-unsaturated/α-hetero) is 1. The number of fused-ring (bicyclic) bond motifs is 4. The van der Waals surface area contributed by atoms with Crippen molar-refractivity contribution in [3.63, 3.8) is 0 Å². The van der Waals surface area contributed by atoms with Crippen molar-refractivity contribution in [2.75, 3.05) is 0 Å². The summed E-state index contributed by atoms with van der Waals surface area (Å²) in [6.45, 7) is 18.1. The Hall–Kier alpha value is -1.77. The zero-order valence-electron chi connectivity index (χ0n) is 28.6. The first kappa shape index (κ1) is 35.1. The van der Waals surface area contributed by atoms with Gasteiger partial charge in [0.25, 0.3) is 0 Å². The van der Waals surface area contributed by atoms with Crippen LogP contribution in [0, 0.1) is 39.4 Å². The summed E-state index contributed by atoms with van der Waals surface area (Å²) < 4.78 is 5.80. The number of aliphatic hydroxyl groups excluding tert-OH is 1. The Labute approximate surface area is 264 Å². The molecule has 0 spiro atoms. The SMILES string of the molecule is C[C@H](CC[C@@H](O)C(C)(C)O)[C@H]1CC[C@@]2(C)C3=C(CC[C@]12C)[C@@]1(C)C[C@@H](OC(=O)C[C@](C)(O)CC(=O)O)C(=O)C(C)(C)[C@@H]1CC3. The summed E-state index contributed by atoms with van der Waals surface area (Å²) >= 11 is 0. The molecule has 0 bridgehead atoms. The van der Waals surface area contributed by atoms with Crippen LogP contribution in [-0.2, 0) is 19.1 Å². The Morgan fingerprint density at radius 1 is 0.955 bits per heavy atom. The quantitative estimate of drug-likeness (QED) is 0.173. The fraction of sp³-hybridized carbons (Fsp3) is 0.861. The molecule has 0 heterocycles. The van der Waals surface area contributed by atoms with Gasteiger partial charge < -0.3 is 25.2 Å². The van der Waals surface area contributed by atoms with Gasteiger partial charge in [0.2, 0.25) is 0 Å². The van der Waals surface area contributed by atoms with Gasteiger partial charge in [0.15, 0.2) is 11.9 Å². The van der Waals surface area contributed by atoms with Crippen molar-refractivity contribution < 1.29 is 39.5 Å². The fourth-order valence-electron chi connectivity index (χ4n) is 10.5. The highest BCUT2D eigenvalue weighted by molar-refractivity contribution is 5.92. The number of allylic oxidation sites excluding steroid dienone is 2. The predicted molar refractivity (Wildman–Crippen MR) is 168 cm³/mol. The van der Waals surface area contributed by atoms with Crippen LogP contribution in [0.25, 0.3) is 0 Å². The molecule has 0 aromatic rings. The number of hydrogen-bond acceptors (Lipinski definition) is 7. The molecule has 8 heteroatoms. The molecule has 4 aliphatic carbocycles. The lowest BCUT2D eigenvalue weighted by Crippen LogP contribution is -2.58. The van der Waals surface area contributed by atoms with Gasteiger partial charge in [-0.05, 0) is 106 Å². The van der Waals surface area contributed by atoms with Crippen molar-refractivity contribution in [1.29, 1.82) is 0 Å². The summed E-state index contributed by atoms with van der Waals surface area (Å²) in [6.07, 6.45) is 5.21. The van der Waals surface area contributed by atoms with Crippen LogP contribution in [0.2, 0.25) is 0 Å². The smallest absolute Gasteiger partial charge is 0.309 e. The van der Waals surface area contributed by atoms with Gasteiger partial charge in [-0.2, -0.15) is 0 Å². The maximum absolute atomic E-state index is 13.8. The van der Waals surface area contributed by atoms with E-state index < -0.39 is 53.6 Å². The molecule has 0 aromatic heterocycles. The van der Waals surface area contributed by atoms with Crippen LogP contribution in [0.5, 0.6) is 0 Å². The zero-order chi connectivity index (χ0) is 33.3. The summed E-state index contributed by atoms with van der Waals surface area (Å²) in [5.74, 6) is -0.992. The summed E-state index contributed by atoms with van der Waals surface area (Å²) in [4.78, 5) is 37.9. The van der Waals surface area contributed by atoms with E-state index in [-0.39, 0.29) is 27.9 Å². The number of aliphatic hydroxyl groups is 3. The van der Waals surface area contributed by atoms with Gasteiger partial charge >= 0.3 is 11.9 Å². The molecule has 2 fully saturated rings. The maximum atomic E-state index is 13.8. The van der Waals surface area contributed by atoms with E-state index >= 15 is 0 Å². The van der Waals surface area contributed by atoms with Crippen molar-refractivity contribution in [1.82, 2.24) is 0 Å². The minimum atomic E-state index is -1.76. The summed E-state index contributed by atoms with van der Waals surface area (Å²) in [7, 11) is 0. The summed E-state index contributed by atoms with van der Waals surface area (Å²) in [5, 5.41) is 40.3. The Morgan fingerprint density at radius 2 is 1.59 bits per heavy atom. The van der Waals surface area contributed by atoms with E-state index in [1.165, 1.54) is 18.1 Å². The minimum absolute atomic E-state index is 0.0235. The highest BCUT2D eigenvalue weighted by Crippen LogP contribution is 2.72. The number of ketones is 1. The van der Waals surface area contributed by atoms with E-state index in [1.54, 1.807) is 13.8 Å². The molecule has 0 saturated heterocycles. The first-order valence-corrected chi connectivity index (χ1v) is 16.8. The van der Waals surface area contributed by atoms with Gasteiger partial charge in [-0.3, -0.25) is 14.4 Å². The monoisotopic (exact) mass is 618 g/mol. The first-order valence-electron chi connectivity index (χ1n) is 16.8. The summed E-state index contributed by atoms with van der Waals surface area (Å²) in [5.41, 5.74) is -0.765. The number of aliphatic carboxylic acids is 1. The van der Waals surface area contributed by atoms with Gasteiger partial charge in [0.1, 0.15) is 0 Å². The lowest BCUT2D eigenvalue weighted by Gasteiger charge is -2.61. The normalized spacial score (nSPS) is 37.7. The van der Waals surface area contributed by atoms with E-state index in [0.29, 0.717) is 24.7 Å². The minimum Gasteiger partial charge on any atom is -0.481 e. The average molecular weight is 619 g/mol. The molecule has 0 unspecified atom stereocenters. The van der Waals surface area contributed by atoms with Crippen molar-refractivity contribution in [3.05, 3.63) is 11.1 Å². The largest absolute Gasteiger partial charge is 0.481 e. The molecule has 4 rings (SSSR count). The van der Waals surface area contributed by atoms with Crippen molar-refractivity contribution >= 4 is 17.7 Å². The molecule has 250 valence electrons. The predicted octanol–water partition coefficient (Wildman–Crippen LogP) is 5.99. The van der Waals surface area contributed by atoms with E-state index in [0.717, 1.165) is 44.9 Å². The van der Waals surface area contributed by atoms with Crippen LogP contribution >= 0.6 is 0 Å². The third-order valence-corrected chi connectivity index (χ3v) is 13.2. The van der Waals surface area contributed by atoms with Gasteiger partial charge in [0.05, 0.1) is 30.1 Å². The number of carbonyl (C=O) groups is 3. The molecule has 4 aliphatic rings. The number of rotatable bonds is 10. The second-order valence-corrected chi connectivity index (χ2v) is 17.1. The number of carbonyl (C=O) groups excluding carboxylic acids is 2. The van der Waals surface area contributed by atoms with E-state index in [1.807, 2.05) is 13.8 Å². The van der Waals surface area contributed by atoms with Crippen LogP contribution in [0.1, 0.15) is 133 Å². The van der Waals surface area contributed by atoms with Gasteiger partial charge in [0, 0.05) is 11.8 Å². The second-order valence-electron chi connectivity index (χ2n) is 17.1. The van der Waals surface area contributed by atoms with Crippen LogP contribution in [0.4, 0.5) is 0 Å². The Morgan fingerprint density at radius 3 is 2.18 bits per heavy atom. The molecular formula is C36H58O8. The molecule has 9 atom stereocenters. The Bertz CT molecular complexity index is 1190. The number of carboxylic acid groups (broad SMARTS) is 1. The van der Waals surface area contributed by atoms with Crippen molar-refractivity contribution in [2.45, 2.75) is 156 Å². The highest BCUT2D eigenvalue weighted by Gasteiger charge is 2.65. The van der Waals surface area contributed by atoms with Crippen LogP contribution < -0.4 is 0 Å². The summed E-state index contributed by atoms with van der Waals surface area (Å²) in [6, 6.07) is 0. The number of hydrogen-bond donors (Lipinski definition) is 4. The lowest BCUT2D eigenvalue weighted by molar-refractivity contribution is -0.174. The molecule has 2 saturated carbocycles. The zero-order valence-corrected chi connectivity index (χ0v) is 28.6. The third kappa shape index (κ3) is 5.92. The molecule has 8 nitrogen and oxygen atoms in total. The van der Waals surface area contributed by atoms with E-state index in [4.69, 9.17) is 9.84 Å². The van der Waals surface area contributed by atoms with Gasteiger partial charge in [-0.1, -0.05) is 52.7 Å². The molecular weight excluding hydrogens is 560 g/mol. The van der Waals surface area contributed by atoms with E-state index in [9.17, 15) is 29.7 Å². The maximum Gasteiger partial charge on any atom is 0.309 e. The molecule has 0 aliphatic heterocycles. The second kappa shape index (κ2) is 11.5. The number of carboxylic acids is 1. The number of esters is 1. The van der Waals surface area contributed by atoms with Crippen LogP contribution in [0.15, 0.2) is 11.1 Å². The molecule has 0 radical (unpaired) electrons. The third-order valence-electron chi connectivity index (χ3n) is 13.2. The molecule has 4 N–H and O–H groups in total. The molecule has 44 heavy (non-hydrogen) atoms. The van der Waals surface area contributed by atoms with Crippen LogP contribution in [0.3, 0.4) is 0 Å². The Kier molecular flexibility index (Phi) is 9.16. The average Bonchev–Trinajstić information content (AvgIpc) is 3.15. The first-order chi connectivity index (χ1) is 20.0. The standard InChI is InChI=1S/C36H58O8/c1-21(10-13-27(37)32(4,5)42)22-14-16-36(9)24-11-12-26-31(2,3)30(41)25(44-29(40)20-33(6,43)19-28(38)39)18-34(26,7)23(24)15-17-35(22,36)8/h21-22,25-27,37,42-43H,10-20H2,1-9H3,(H,38,39)/t21-,22-,25-,26+,27-,33-,34-,35-,36+/m1/s1. The lowest BCUT2D eigenvalue weighted by atomic mass is 9.43. The van der Waals surface area contributed by atoms with E-state index in [2.05, 4.69) is 27.7 Å². The van der Waals surface area contributed by atoms with Gasteiger partial charge in [-0.25, -0.2) is 0 Å². The van der Waals surface area contributed by atoms with Crippen LogP contribution in [-0.4, -0.2) is 61.6 Å². The molecule has 0 aromatic carbocycles. The Balaban J connectivity index is 1.60. The fourth-order valence-corrected chi connectivity index (χ4v) is 10.5. The van der Waals surface area contributed by atoms with Crippen molar-refractivity contribution in [3.8, 4) is 0 Å². The highest BCUT2D eigenvalue weighted by atomic mass is 16.5. The molecule has 0 amide bonds. The van der Waals surface area contributed by atoms with Crippen molar-refractivity contribution in [2.24, 2.45) is 39.4 Å². The number of ether oxygens (including phenoxy) is 1. The van der Waals surface area contributed by atoms with Gasteiger partial charge in [-0.15, -0.1) is 0 Å².